The third-order valence-corrected chi connectivity index (χ3v) is 5.30. The normalized spacial score (nSPS) is 11.7. The van der Waals surface area contributed by atoms with Crippen LogP contribution in [0.3, 0.4) is 0 Å². The molecule has 0 saturated carbocycles. The summed E-state index contributed by atoms with van der Waals surface area (Å²) in [5.41, 5.74) is 0.787. The van der Waals surface area contributed by atoms with Crippen molar-refractivity contribution in [3.8, 4) is 5.75 Å². The molecule has 0 aliphatic heterocycles. The second kappa shape index (κ2) is 10.2. The molecule has 0 fully saturated rings. The molecule has 0 spiro atoms. The van der Waals surface area contributed by atoms with Gasteiger partial charge in [0.1, 0.15) is 11.5 Å². The molecule has 0 saturated heterocycles. The van der Waals surface area contributed by atoms with E-state index >= 15 is 0 Å². The van der Waals surface area contributed by atoms with Crippen LogP contribution in [0.4, 0.5) is 8.78 Å². The van der Waals surface area contributed by atoms with Gasteiger partial charge in [-0.1, -0.05) is 23.7 Å². The van der Waals surface area contributed by atoms with Crippen LogP contribution in [0.1, 0.15) is 27.7 Å². The average Bonchev–Trinajstić information content (AvgIpc) is 3.05. The highest BCUT2D eigenvalue weighted by Gasteiger charge is 2.23. The number of ether oxygens (including phenoxy) is 1. The SMILES string of the molecule is COc1cc2c(cc(C(=O)N[C@H](CO)c3ccc(CC(=O)O)cc3F)n2C)c(Cl)c1F.S. The number of aliphatic hydroxyl groups is 1. The first-order valence-electron chi connectivity index (χ1n) is 9.11. The molecule has 0 aliphatic carbocycles. The van der Waals surface area contributed by atoms with Crippen molar-refractivity contribution in [1.82, 2.24) is 9.88 Å². The van der Waals surface area contributed by atoms with E-state index < -0.39 is 36.2 Å². The highest BCUT2D eigenvalue weighted by molar-refractivity contribution is 7.59. The third-order valence-electron chi connectivity index (χ3n) is 4.93. The van der Waals surface area contributed by atoms with E-state index in [1.54, 1.807) is 7.05 Å². The second-order valence-corrected chi connectivity index (χ2v) is 7.24. The third kappa shape index (κ3) is 4.82. The number of halogens is 3. The van der Waals surface area contributed by atoms with Gasteiger partial charge in [0.25, 0.3) is 5.91 Å². The second-order valence-electron chi connectivity index (χ2n) is 6.86. The number of methoxy groups -OCH3 is 1. The van der Waals surface area contributed by atoms with Crippen LogP contribution >= 0.6 is 25.1 Å². The number of aliphatic carboxylic acids is 1. The van der Waals surface area contributed by atoms with Crippen LogP contribution in [0.25, 0.3) is 10.9 Å². The molecule has 0 bridgehead atoms. The number of carbonyl (C=O) groups is 2. The Hall–Kier alpha value is -2.82. The molecule has 0 unspecified atom stereocenters. The maximum atomic E-state index is 14.5. The van der Waals surface area contributed by atoms with Gasteiger partial charge in [-0.15, -0.1) is 0 Å². The van der Waals surface area contributed by atoms with Crippen molar-refractivity contribution < 1.29 is 33.3 Å². The van der Waals surface area contributed by atoms with Crippen LogP contribution < -0.4 is 10.1 Å². The molecule has 1 amide bonds. The fraction of sp³-hybridized carbons (Fsp3) is 0.238. The van der Waals surface area contributed by atoms with E-state index in [0.717, 1.165) is 6.07 Å². The summed E-state index contributed by atoms with van der Waals surface area (Å²) in [4.78, 5) is 23.6. The van der Waals surface area contributed by atoms with Crippen LogP contribution in [0, 0.1) is 11.6 Å². The fourth-order valence-electron chi connectivity index (χ4n) is 3.34. The Balaban J connectivity index is 0.00000363. The van der Waals surface area contributed by atoms with Crippen LogP contribution in [-0.4, -0.2) is 40.4 Å². The summed E-state index contributed by atoms with van der Waals surface area (Å²) < 4.78 is 35.2. The van der Waals surface area contributed by atoms with E-state index in [9.17, 15) is 23.5 Å². The lowest BCUT2D eigenvalue weighted by Gasteiger charge is -2.18. The van der Waals surface area contributed by atoms with E-state index in [4.69, 9.17) is 21.4 Å². The monoisotopic (exact) mass is 486 g/mol. The van der Waals surface area contributed by atoms with E-state index in [0.29, 0.717) is 5.52 Å². The van der Waals surface area contributed by atoms with Crippen molar-refractivity contribution in [1.29, 1.82) is 0 Å². The quantitative estimate of drug-likeness (QED) is 0.475. The number of carbonyl (C=O) groups excluding carboxylic acids is 1. The number of fused-ring (bicyclic) bond motifs is 1. The number of nitrogens with one attached hydrogen (secondary N) is 1. The first-order valence-corrected chi connectivity index (χ1v) is 9.49. The minimum atomic E-state index is -1.11. The topological polar surface area (TPSA) is 101 Å². The van der Waals surface area contributed by atoms with Gasteiger partial charge in [-0.3, -0.25) is 9.59 Å². The molecule has 3 rings (SSSR count). The summed E-state index contributed by atoms with van der Waals surface area (Å²) in [6, 6.07) is 5.46. The Kier molecular flexibility index (Phi) is 8.11. The molecule has 1 atom stereocenters. The molecule has 11 heteroatoms. The van der Waals surface area contributed by atoms with Crippen LogP contribution in [-0.2, 0) is 18.3 Å². The van der Waals surface area contributed by atoms with Gasteiger partial charge in [-0.25, -0.2) is 8.78 Å². The highest BCUT2D eigenvalue weighted by atomic mass is 35.5. The van der Waals surface area contributed by atoms with Crippen molar-refractivity contribution in [2.45, 2.75) is 12.5 Å². The lowest BCUT2D eigenvalue weighted by atomic mass is 10.0. The molecule has 1 aromatic heterocycles. The van der Waals surface area contributed by atoms with Crippen molar-refractivity contribution in [3.05, 3.63) is 63.8 Å². The Morgan fingerprint density at radius 2 is 1.94 bits per heavy atom. The molecule has 3 aromatic rings. The van der Waals surface area contributed by atoms with E-state index in [1.165, 1.54) is 35.9 Å². The van der Waals surface area contributed by atoms with Gasteiger partial charge in [0.2, 0.25) is 0 Å². The maximum absolute atomic E-state index is 14.5. The summed E-state index contributed by atoms with van der Waals surface area (Å²) in [6.45, 7) is -0.603. The molecule has 7 nitrogen and oxygen atoms in total. The van der Waals surface area contributed by atoms with Crippen molar-refractivity contribution in [3.63, 3.8) is 0 Å². The van der Waals surface area contributed by atoms with Crippen LogP contribution in [0.5, 0.6) is 5.75 Å². The van der Waals surface area contributed by atoms with Crippen LogP contribution in [0.15, 0.2) is 30.3 Å². The Morgan fingerprint density at radius 1 is 1.25 bits per heavy atom. The minimum Gasteiger partial charge on any atom is -0.494 e. The highest BCUT2D eigenvalue weighted by Crippen LogP contribution is 2.35. The minimum absolute atomic E-state index is 0. The lowest BCUT2D eigenvalue weighted by Crippen LogP contribution is -2.32. The number of benzene rings is 2. The zero-order valence-electron chi connectivity index (χ0n) is 17.1. The molecule has 3 N–H and O–H groups in total. The van der Waals surface area contributed by atoms with Crippen molar-refractivity contribution in [2.75, 3.05) is 13.7 Å². The Morgan fingerprint density at radius 3 is 2.50 bits per heavy atom. The summed E-state index contributed by atoms with van der Waals surface area (Å²) in [7, 11) is 2.86. The number of hydrogen-bond donors (Lipinski definition) is 3. The standard InChI is InChI=1S/C21H19ClF2N2O5.H2S/c1-26-15-8-17(31-2)20(24)19(22)12(15)7-16(26)21(30)25-14(9-27)11-4-3-10(5-13(11)23)6-18(28)29;/h3-5,7-8,14,27H,6,9H2,1-2H3,(H,25,30)(H,28,29);1H2/t14-;/m1./s1. The van der Waals surface area contributed by atoms with Gasteiger partial charge in [-0.2, -0.15) is 13.5 Å². The van der Waals surface area contributed by atoms with Gasteiger partial charge in [0.15, 0.2) is 11.6 Å². The molecule has 0 radical (unpaired) electrons. The number of rotatable bonds is 7. The van der Waals surface area contributed by atoms with Gasteiger partial charge in [-0.05, 0) is 17.7 Å². The molecule has 172 valence electrons. The average molecular weight is 487 g/mol. The summed E-state index contributed by atoms with van der Waals surface area (Å²) in [6.07, 6.45) is -0.357. The van der Waals surface area contributed by atoms with Crippen molar-refractivity contribution in [2.24, 2.45) is 7.05 Å². The molecular formula is C21H21ClF2N2O5S. The summed E-state index contributed by atoms with van der Waals surface area (Å²) in [5, 5.41) is 21.1. The first-order chi connectivity index (χ1) is 14.7. The van der Waals surface area contributed by atoms with E-state index in [2.05, 4.69) is 5.32 Å². The van der Waals surface area contributed by atoms with Crippen LogP contribution in [0.2, 0.25) is 5.02 Å². The van der Waals surface area contributed by atoms with Gasteiger partial charge >= 0.3 is 5.97 Å². The summed E-state index contributed by atoms with van der Waals surface area (Å²) in [5.74, 6) is -3.36. The number of aromatic nitrogens is 1. The zero-order valence-corrected chi connectivity index (χ0v) is 18.8. The predicted molar refractivity (Wildman–Crippen MR) is 120 cm³/mol. The largest absolute Gasteiger partial charge is 0.494 e. The van der Waals surface area contributed by atoms with E-state index in [-0.39, 0.29) is 52.9 Å². The number of carboxylic acid groups (broad SMARTS) is 1. The first kappa shape index (κ1) is 25.4. The number of aryl methyl sites for hydroxylation is 1. The number of amides is 1. The van der Waals surface area contributed by atoms with Gasteiger partial charge < -0.3 is 24.8 Å². The number of carboxylic acids is 1. The molecule has 0 aliphatic rings. The smallest absolute Gasteiger partial charge is 0.307 e. The molecule has 32 heavy (non-hydrogen) atoms. The number of hydrogen-bond acceptors (Lipinski definition) is 4. The predicted octanol–water partition coefficient (Wildman–Crippen LogP) is 3.32. The van der Waals surface area contributed by atoms with Crippen molar-refractivity contribution >= 4 is 47.9 Å². The molecule has 2 aromatic carbocycles. The molecule has 1 heterocycles. The Bertz CT molecular complexity index is 1180. The lowest BCUT2D eigenvalue weighted by molar-refractivity contribution is -0.136. The zero-order chi connectivity index (χ0) is 22.9. The maximum Gasteiger partial charge on any atom is 0.307 e. The summed E-state index contributed by atoms with van der Waals surface area (Å²) >= 11 is 6.07. The molecular weight excluding hydrogens is 466 g/mol. The van der Waals surface area contributed by atoms with E-state index in [1.807, 2.05) is 0 Å². The van der Waals surface area contributed by atoms with Gasteiger partial charge in [0, 0.05) is 24.1 Å². The fourth-order valence-corrected chi connectivity index (χ4v) is 3.58. The number of aliphatic hydroxyl groups excluding tert-OH is 1. The Labute approximate surface area is 194 Å². The number of nitrogens with zero attached hydrogens (tertiary/aromatic N) is 1. The van der Waals surface area contributed by atoms with Gasteiger partial charge in [0.05, 0.1) is 36.7 Å².